The maximum atomic E-state index is 12.6. The lowest BCUT2D eigenvalue weighted by Gasteiger charge is -2.26. The molecule has 3 rings (SSSR count). The monoisotopic (exact) mass is 454 g/mol. The van der Waals surface area contributed by atoms with Crippen molar-refractivity contribution in [3.8, 4) is 11.5 Å². The Labute approximate surface area is 180 Å². The average Bonchev–Trinajstić information content (AvgIpc) is 2.74. The topological polar surface area (TPSA) is 94.2 Å². The Morgan fingerprint density at radius 2 is 1.83 bits per heavy atom. The predicted octanol–water partition coefficient (Wildman–Crippen LogP) is 2.78. The van der Waals surface area contributed by atoms with E-state index < -0.39 is 10.0 Å². The molecule has 1 aliphatic heterocycles. The van der Waals surface area contributed by atoms with Crippen LogP contribution >= 0.6 is 11.6 Å². The van der Waals surface area contributed by atoms with Gasteiger partial charge in [-0.3, -0.25) is 9.52 Å². The molecule has 2 aromatic carbocycles. The molecule has 0 spiro atoms. The van der Waals surface area contributed by atoms with Crippen molar-refractivity contribution in [2.45, 2.75) is 11.8 Å². The van der Waals surface area contributed by atoms with Crippen LogP contribution in [-0.2, 0) is 19.6 Å². The fourth-order valence-corrected chi connectivity index (χ4v) is 4.19. The van der Waals surface area contributed by atoms with Gasteiger partial charge in [-0.05, 0) is 49.4 Å². The summed E-state index contributed by atoms with van der Waals surface area (Å²) in [7, 11) is -3.85. The van der Waals surface area contributed by atoms with Crippen LogP contribution in [-0.4, -0.2) is 58.7 Å². The summed E-state index contributed by atoms with van der Waals surface area (Å²) in [5.41, 5.74) is 0.394. The van der Waals surface area contributed by atoms with E-state index in [4.69, 9.17) is 25.8 Å². The van der Waals surface area contributed by atoms with Gasteiger partial charge in [-0.2, -0.15) is 0 Å². The first-order chi connectivity index (χ1) is 14.4. The first-order valence-electron chi connectivity index (χ1n) is 9.42. The molecule has 1 heterocycles. The van der Waals surface area contributed by atoms with E-state index in [2.05, 4.69) is 4.72 Å². The normalized spacial score (nSPS) is 14.3. The van der Waals surface area contributed by atoms with E-state index in [1.54, 1.807) is 29.2 Å². The van der Waals surface area contributed by atoms with Gasteiger partial charge >= 0.3 is 0 Å². The minimum absolute atomic E-state index is 0.0201. The number of amides is 1. The smallest absolute Gasteiger partial charge is 0.261 e. The van der Waals surface area contributed by atoms with E-state index in [1.165, 1.54) is 18.2 Å². The molecule has 10 heteroatoms. The summed E-state index contributed by atoms with van der Waals surface area (Å²) in [6.07, 6.45) is 0. The molecule has 1 saturated heterocycles. The number of nitrogens with one attached hydrogen (secondary N) is 1. The van der Waals surface area contributed by atoms with E-state index in [0.29, 0.717) is 44.3 Å². The van der Waals surface area contributed by atoms with E-state index in [0.717, 1.165) is 0 Å². The Balaban J connectivity index is 1.63. The number of benzene rings is 2. The zero-order valence-corrected chi connectivity index (χ0v) is 18.0. The highest BCUT2D eigenvalue weighted by Gasteiger charge is 2.19. The standard InChI is InChI=1S/C20H23ClN2O6S/c1-2-28-16-5-3-15(4-6-16)22-30(25,26)17-7-8-19(18(21)13-17)29-14-20(24)23-9-11-27-12-10-23/h3-8,13,22H,2,9-12,14H2,1H3. The van der Waals surface area contributed by atoms with Crippen LogP contribution in [0.3, 0.4) is 0 Å². The number of anilines is 1. The lowest BCUT2D eigenvalue weighted by molar-refractivity contribution is -0.137. The summed E-state index contributed by atoms with van der Waals surface area (Å²) in [6.45, 7) is 4.24. The zero-order valence-electron chi connectivity index (χ0n) is 16.5. The van der Waals surface area contributed by atoms with Gasteiger partial charge in [0.2, 0.25) is 0 Å². The number of morpholine rings is 1. The third-order valence-electron chi connectivity index (χ3n) is 4.35. The van der Waals surface area contributed by atoms with Crippen LogP contribution in [0.1, 0.15) is 6.92 Å². The molecule has 30 heavy (non-hydrogen) atoms. The second-order valence-electron chi connectivity index (χ2n) is 6.44. The van der Waals surface area contributed by atoms with Gasteiger partial charge in [0.15, 0.2) is 6.61 Å². The van der Waals surface area contributed by atoms with Crippen LogP contribution in [0.5, 0.6) is 11.5 Å². The van der Waals surface area contributed by atoms with Crippen molar-refractivity contribution in [3.05, 3.63) is 47.5 Å². The fourth-order valence-electron chi connectivity index (χ4n) is 2.81. The largest absolute Gasteiger partial charge is 0.494 e. The van der Waals surface area contributed by atoms with Gasteiger partial charge in [-0.1, -0.05) is 11.6 Å². The lowest BCUT2D eigenvalue weighted by atomic mass is 10.3. The number of carbonyl (C=O) groups excluding carboxylic acids is 1. The van der Waals surface area contributed by atoms with Crippen LogP contribution in [0.4, 0.5) is 5.69 Å². The van der Waals surface area contributed by atoms with Crippen molar-refractivity contribution >= 4 is 33.2 Å². The number of hydrogen-bond acceptors (Lipinski definition) is 6. The van der Waals surface area contributed by atoms with Gasteiger partial charge in [-0.15, -0.1) is 0 Å². The molecule has 0 aromatic heterocycles. The van der Waals surface area contributed by atoms with E-state index in [-0.39, 0.29) is 28.2 Å². The van der Waals surface area contributed by atoms with Gasteiger partial charge in [0.1, 0.15) is 11.5 Å². The molecular formula is C20H23ClN2O6S. The maximum absolute atomic E-state index is 12.6. The Morgan fingerprint density at radius 3 is 2.47 bits per heavy atom. The van der Waals surface area contributed by atoms with E-state index in [9.17, 15) is 13.2 Å². The molecule has 162 valence electrons. The number of carbonyl (C=O) groups is 1. The molecule has 1 aliphatic rings. The molecule has 1 N–H and O–H groups in total. The zero-order chi connectivity index (χ0) is 21.6. The SMILES string of the molecule is CCOc1ccc(NS(=O)(=O)c2ccc(OCC(=O)N3CCOCC3)c(Cl)c2)cc1. The quantitative estimate of drug-likeness (QED) is 0.659. The Bertz CT molecular complexity index is 975. The Hall–Kier alpha value is -2.49. The van der Waals surface area contributed by atoms with E-state index in [1.807, 2.05) is 6.92 Å². The molecule has 0 unspecified atom stereocenters. The highest BCUT2D eigenvalue weighted by Crippen LogP contribution is 2.28. The summed E-state index contributed by atoms with van der Waals surface area (Å²) in [6, 6.07) is 10.7. The van der Waals surface area contributed by atoms with Crippen molar-refractivity contribution < 1.29 is 27.4 Å². The summed E-state index contributed by atoms with van der Waals surface area (Å²) in [5, 5.41) is 0.0966. The summed E-state index contributed by atoms with van der Waals surface area (Å²) in [5.74, 6) is 0.707. The van der Waals surface area contributed by atoms with Gasteiger partial charge < -0.3 is 19.1 Å². The van der Waals surface area contributed by atoms with Crippen molar-refractivity contribution in [1.29, 1.82) is 0 Å². The molecular weight excluding hydrogens is 432 g/mol. The highest BCUT2D eigenvalue weighted by atomic mass is 35.5. The predicted molar refractivity (Wildman–Crippen MR) is 113 cm³/mol. The number of sulfonamides is 1. The maximum Gasteiger partial charge on any atom is 0.261 e. The molecule has 0 bridgehead atoms. The molecule has 0 aliphatic carbocycles. The minimum Gasteiger partial charge on any atom is -0.494 e. The van der Waals surface area contributed by atoms with Crippen LogP contribution < -0.4 is 14.2 Å². The summed E-state index contributed by atoms with van der Waals surface area (Å²) in [4.78, 5) is 13.8. The van der Waals surface area contributed by atoms with Crippen LogP contribution in [0.15, 0.2) is 47.4 Å². The van der Waals surface area contributed by atoms with Crippen molar-refractivity contribution in [2.75, 3.05) is 44.2 Å². The molecule has 0 atom stereocenters. The lowest BCUT2D eigenvalue weighted by Crippen LogP contribution is -2.43. The third-order valence-corrected chi connectivity index (χ3v) is 6.02. The first-order valence-corrected chi connectivity index (χ1v) is 11.3. The fraction of sp³-hybridized carbons (Fsp3) is 0.350. The molecule has 0 radical (unpaired) electrons. The summed E-state index contributed by atoms with van der Waals surface area (Å²) < 4.78 is 43.8. The number of halogens is 1. The van der Waals surface area contributed by atoms with Crippen molar-refractivity contribution in [2.24, 2.45) is 0 Å². The number of ether oxygens (including phenoxy) is 3. The number of hydrogen-bond donors (Lipinski definition) is 1. The van der Waals surface area contributed by atoms with Gasteiger partial charge in [0.25, 0.3) is 15.9 Å². The minimum atomic E-state index is -3.85. The Kier molecular flexibility index (Phi) is 7.41. The Morgan fingerprint density at radius 1 is 1.13 bits per heavy atom. The second-order valence-corrected chi connectivity index (χ2v) is 8.53. The van der Waals surface area contributed by atoms with Crippen LogP contribution in [0.2, 0.25) is 5.02 Å². The van der Waals surface area contributed by atoms with Gasteiger partial charge in [0, 0.05) is 18.8 Å². The van der Waals surface area contributed by atoms with Gasteiger partial charge in [-0.25, -0.2) is 8.42 Å². The molecule has 8 nitrogen and oxygen atoms in total. The third kappa shape index (κ3) is 5.78. The van der Waals surface area contributed by atoms with E-state index >= 15 is 0 Å². The van der Waals surface area contributed by atoms with Crippen LogP contribution in [0, 0.1) is 0 Å². The number of nitrogens with zero attached hydrogens (tertiary/aromatic N) is 1. The molecule has 1 amide bonds. The first kappa shape index (κ1) is 22.2. The highest BCUT2D eigenvalue weighted by molar-refractivity contribution is 7.92. The van der Waals surface area contributed by atoms with Crippen molar-refractivity contribution in [1.82, 2.24) is 4.90 Å². The van der Waals surface area contributed by atoms with Crippen LogP contribution in [0.25, 0.3) is 0 Å². The average molecular weight is 455 g/mol. The second kappa shape index (κ2) is 10.0. The van der Waals surface area contributed by atoms with Gasteiger partial charge in [0.05, 0.1) is 29.7 Å². The molecule has 1 fully saturated rings. The summed E-state index contributed by atoms with van der Waals surface area (Å²) >= 11 is 6.18. The molecule has 2 aromatic rings. The van der Waals surface area contributed by atoms with Crippen molar-refractivity contribution in [3.63, 3.8) is 0 Å². The molecule has 0 saturated carbocycles. The number of rotatable bonds is 8.